The lowest BCUT2D eigenvalue weighted by atomic mass is 9.87. The number of rotatable bonds is 3. The van der Waals surface area contributed by atoms with Gasteiger partial charge in [-0.3, -0.25) is 0 Å². The van der Waals surface area contributed by atoms with Crippen molar-refractivity contribution in [3.8, 4) is 5.69 Å². The van der Waals surface area contributed by atoms with Crippen LogP contribution >= 0.6 is 11.6 Å². The van der Waals surface area contributed by atoms with E-state index < -0.39 is 41.3 Å². The molecule has 176 valence electrons. The Hall–Kier alpha value is -2.69. The number of aryl methyl sites for hydroxylation is 1. The van der Waals surface area contributed by atoms with E-state index in [0.29, 0.717) is 5.69 Å². The highest BCUT2D eigenvalue weighted by Gasteiger charge is 2.56. The summed E-state index contributed by atoms with van der Waals surface area (Å²) >= 11 is 5.92. The summed E-state index contributed by atoms with van der Waals surface area (Å²) in [5.74, 6) is -1.34. The number of alkyl halides is 3. The lowest BCUT2D eigenvalue weighted by molar-refractivity contribution is -0.137. The molecule has 0 aliphatic carbocycles. The van der Waals surface area contributed by atoms with Crippen LogP contribution in [0, 0.1) is 18.7 Å². The van der Waals surface area contributed by atoms with Crippen molar-refractivity contribution in [2.75, 3.05) is 4.90 Å². The number of benzene rings is 1. The molecule has 3 heterocycles. The third kappa shape index (κ3) is 3.96. The van der Waals surface area contributed by atoms with E-state index in [2.05, 4.69) is 9.97 Å². The number of pyridine rings is 1. The van der Waals surface area contributed by atoms with Crippen LogP contribution in [0.25, 0.3) is 5.69 Å². The number of aliphatic hydroxyl groups excluding tert-OH is 1. The van der Waals surface area contributed by atoms with Gasteiger partial charge < -0.3 is 19.7 Å². The van der Waals surface area contributed by atoms with E-state index in [4.69, 9.17) is 11.6 Å². The molecule has 33 heavy (non-hydrogen) atoms. The van der Waals surface area contributed by atoms with Crippen LogP contribution in [0.15, 0.2) is 42.7 Å². The molecule has 4 atom stereocenters. The molecule has 4 rings (SSSR count). The minimum Gasteiger partial charge on any atom is -0.387 e. The summed E-state index contributed by atoms with van der Waals surface area (Å²) < 4.78 is 55.6. The van der Waals surface area contributed by atoms with Crippen LogP contribution in [-0.4, -0.2) is 36.6 Å². The average molecular weight is 485 g/mol. The summed E-state index contributed by atoms with van der Waals surface area (Å²) in [5.41, 5.74) is -2.02. The topological polar surface area (TPSA) is 74.4 Å². The highest BCUT2D eigenvalue weighted by atomic mass is 35.5. The maximum Gasteiger partial charge on any atom is 0.416 e. The summed E-state index contributed by atoms with van der Waals surface area (Å²) in [6.07, 6.45) is -3.00. The second-order valence-electron chi connectivity index (χ2n) is 8.34. The maximum atomic E-state index is 13.7. The number of aromatic nitrogens is 3. The van der Waals surface area contributed by atoms with Gasteiger partial charge in [-0.25, -0.2) is 14.4 Å². The van der Waals surface area contributed by atoms with E-state index in [1.54, 1.807) is 13.1 Å². The number of aliphatic hydroxyl groups is 2. The first-order chi connectivity index (χ1) is 15.3. The molecule has 6 nitrogen and oxygen atoms in total. The van der Waals surface area contributed by atoms with E-state index in [1.165, 1.54) is 47.7 Å². The quantitative estimate of drug-likeness (QED) is 0.529. The summed E-state index contributed by atoms with van der Waals surface area (Å²) in [6, 6.07) is 4.64. The van der Waals surface area contributed by atoms with Crippen molar-refractivity contribution in [1.29, 1.82) is 0 Å². The lowest BCUT2D eigenvalue weighted by Gasteiger charge is -2.33. The molecule has 1 aromatic carbocycles. The smallest absolute Gasteiger partial charge is 0.387 e. The maximum absolute atomic E-state index is 13.7. The average Bonchev–Trinajstić information content (AvgIpc) is 3.26. The van der Waals surface area contributed by atoms with Gasteiger partial charge in [0.15, 0.2) is 0 Å². The predicted octanol–water partition coefficient (Wildman–Crippen LogP) is 4.65. The normalized spacial score (nSPS) is 25.6. The lowest BCUT2D eigenvalue weighted by Crippen LogP contribution is -2.39. The molecule has 1 fully saturated rings. The second kappa shape index (κ2) is 7.96. The number of hydrogen-bond donors (Lipinski definition) is 2. The number of hydrogen-bond acceptors (Lipinski definition) is 5. The second-order valence-corrected chi connectivity index (χ2v) is 8.75. The van der Waals surface area contributed by atoms with Crippen LogP contribution in [0.3, 0.4) is 0 Å². The SMILES string of the molecule is Cc1cc(C(F)(F)F)cc(N2C(O)[C@H](C)[C@@](C)(O)[C@H]2c2nccn2-c2ccc(F)c(Cl)c2)n1. The van der Waals surface area contributed by atoms with Crippen LogP contribution in [0.4, 0.5) is 23.4 Å². The van der Waals surface area contributed by atoms with Gasteiger partial charge >= 0.3 is 6.18 Å². The number of halogens is 5. The Labute approximate surface area is 192 Å². The molecule has 0 saturated carbocycles. The first-order valence-electron chi connectivity index (χ1n) is 10.1. The molecule has 2 aromatic heterocycles. The molecule has 0 bridgehead atoms. The highest BCUT2D eigenvalue weighted by molar-refractivity contribution is 6.30. The number of nitrogens with zero attached hydrogens (tertiary/aromatic N) is 4. The molecule has 0 radical (unpaired) electrons. The van der Waals surface area contributed by atoms with Crippen molar-refractivity contribution in [3.05, 3.63) is 70.6 Å². The van der Waals surface area contributed by atoms with Gasteiger partial charge in [-0.15, -0.1) is 0 Å². The molecule has 1 aliphatic heterocycles. The zero-order valence-corrected chi connectivity index (χ0v) is 18.6. The molecule has 2 N–H and O–H groups in total. The standard InChI is InChI=1S/C22H21ClF4N4O2/c1-11-8-13(22(25,26)27)9-17(29-11)31-18(21(3,33)12(2)20(31)32)19-28-6-7-30(19)14-4-5-16(24)15(23)10-14/h4-10,12,18,20,32-33H,1-3H3/t12-,18+,20?,21+/m0/s1. The monoisotopic (exact) mass is 484 g/mol. The molecule has 0 amide bonds. The molecular weight excluding hydrogens is 464 g/mol. The number of imidazole rings is 1. The molecule has 1 unspecified atom stereocenters. The molecular formula is C22H21ClF4N4O2. The largest absolute Gasteiger partial charge is 0.416 e. The van der Waals surface area contributed by atoms with Gasteiger partial charge in [0.05, 0.1) is 16.2 Å². The molecule has 0 spiro atoms. The summed E-state index contributed by atoms with van der Waals surface area (Å²) in [6.45, 7) is 4.47. The van der Waals surface area contributed by atoms with Crippen LogP contribution in [0.5, 0.6) is 0 Å². The molecule has 3 aromatic rings. The fraction of sp³-hybridized carbons (Fsp3) is 0.364. The fourth-order valence-electron chi connectivity index (χ4n) is 4.20. The van der Waals surface area contributed by atoms with Gasteiger partial charge in [-0.05, 0) is 44.2 Å². The first kappa shape index (κ1) is 23.5. The predicted molar refractivity (Wildman–Crippen MR) is 114 cm³/mol. The van der Waals surface area contributed by atoms with Gasteiger partial charge in [0, 0.05) is 29.7 Å². The Morgan fingerprint density at radius 1 is 1.18 bits per heavy atom. The van der Waals surface area contributed by atoms with Gasteiger partial charge in [0.1, 0.15) is 29.7 Å². The van der Waals surface area contributed by atoms with E-state index in [0.717, 1.165) is 12.1 Å². The van der Waals surface area contributed by atoms with Crippen molar-refractivity contribution in [3.63, 3.8) is 0 Å². The van der Waals surface area contributed by atoms with E-state index >= 15 is 0 Å². The van der Waals surface area contributed by atoms with Crippen molar-refractivity contribution < 1.29 is 27.8 Å². The van der Waals surface area contributed by atoms with E-state index in [-0.39, 0.29) is 22.4 Å². The van der Waals surface area contributed by atoms with Crippen molar-refractivity contribution in [1.82, 2.24) is 14.5 Å². The summed E-state index contributed by atoms with van der Waals surface area (Å²) in [7, 11) is 0. The van der Waals surface area contributed by atoms with Gasteiger partial charge in [0.2, 0.25) is 0 Å². The molecule has 11 heteroatoms. The minimum absolute atomic E-state index is 0.0960. The van der Waals surface area contributed by atoms with Crippen LogP contribution < -0.4 is 4.90 Å². The van der Waals surface area contributed by atoms with Crippen molar-refractivity contribution in [2.24, 2.45) is 5.92 Å². The van der Waals surface area contributed by atoms with Crippen LogP contribution in [-0.2, 0) is 6.18 Å². The minimum atomic E-state index is -4.62. The van der Waals surface area contributed by atoms with E-state index in [9.17, 15) is 27.8 Å². The third-order valence-corrected chi connectivity index (χ3v) is 6.40. The Kier molecular flexibility index (Phi) is 5.66. The van der Waals surface area contributed by atoms with Gasteiger partial charge in [-0.1, -0.05) is 18.5 Å². The Balaban J connectivity index is 1.90. The van der Waals surface area contributed by atoms with Crippen molar-refractivity contribution in [2.45, 2.75) is 44.8 Å². The third-order valence-electron chi connectivity index (χ3n) is 6.11. The zero-order valence-electron chi connectivity index (χ0n) is 17.8. The van der Waals surface area contributed by atoms with Crippen LogP contribution in [0.1, 0.15) is 37.0 Å². The van der Waals surface area contributed by atoms with Crippen molar-refractivity contribution >= 4 is 17.4 Å². The Bertz CT molecular complexity index is 1200. The number of anilines is 1. The summed E-state index contributed by atoms with van der Waals surface area (Å²) in [4.78, 5) is 9.77. The highest BCUT2D eigenvalue weighted by Crippen LogP contribution is 2.49. The molecule has 1 saturated heterocycles. The zero-order chi connectivity index (χ0) is 24.3. The summed E-state index contributed by atoms with van der Waals surface area (Å²) in [5, 5.41) is 22.2. The fourth-order valence-corrected chi connectivity index (χ4v) is 4.37. The Morgan fingerprint density at radius 3 is 2.52 bits per heavy atom. The Morgan fingerprint density at radius 2 is 1.88 bits per heavy atom. The van der Waals surface area contributed by atoms with Gasteiger partial charge in [0.25, 0.3) is 0 Å². The first-order valence-corrected chi connectivity index (χ1v) is 10.4. The van der Waals surface area contributed by atoms with E-state index in [1.807, 2.05) is 0 Å². The van der Waals surface area contributed by atoms with Gasteiger partial charge in [-0.2, -0.15) is 13.2 Å². The molecule has 1 aliphatic rings. The van der Waals surface area contributed by atoms with Crippen LogP contribution in [0.2, 0.25) is 5.02 Å².